The molecule has 0 aliphatic carbocycles. The molecule has 0 saturated carbocycles. The second kappa shape index (κ2) is 12.7. The first kappa shape index (κ1) is 29.5. The third-order valence-corrected chi connectivity index (χ3v) is 9.57. The Labute approximate surface area is 228 Å². The highest BCUT2D eigenvalue weighted by Crippen LogP contribution is 2.38. The van der Waals surface area contributed by atoms with Crippen LogP contribution in [0.1, 0.15) is 57.8 Å². The summed E-state index contributed by atoms with van der Waals surface area (Å²) in [4.78, 5) is 29.3. The molecule has 2 aliphatic heterocycles. The lowest BCUT2D eigenvalue weighted by atomic mass is 10.0. The van der Waals surface area contributed by atoms with Gasteiger partial charge < -0.3 is 14.8 Å². The van der Waals surface area contributed by atoms with E-state index in [-0.39, 0.29) is 30.0 Å². The van der Waals surface area contributed by atoms with Crippen molar-refractivity contribution >= 4 is 50.6 Å². The molecule has 1 unspecified atom stereocenters. The summed E-state index contributed by atoms with van der Waals surface area (Å²) in [6.45, 7) is 7.52. The smallest absolute Gasteiger partial charge is 0.341 e. The number of rotatable bonds is 9. The van der Waals surface area contributed by atoms with Crippen LogP contribution in [0.25, 0.3) is 0 Å². The normalized spacial score (nSPS) is 17.8. The van der Waals surface area contributed by atoms with E-state index in [0.717, 1.165) is 49.3 Å². The van der Waals surface area contributed by atoms with Crippen molar-refractivity contribution in [2.24, 2.45) is 0 Å². The van der Waals surface area contributed by atoms with Gasteiger partial charge in [-0.15, -0.1) is 23.7 Å². The first-order chi connectivity index (χ1) is 17.2. The third-order valence-electron chi connectivity index (χ3n) is 6.60. The zero-order valence-electron chi connectivity index (χ0n) is 21.3. The predicted molar refractivity (Wildman–Crippen MR) is 145 cm³/mol. The van der Waals surface area contributed by atoms with E-state index in [2.05, 4.69) is 17.1 Å². The molecule has 12 heteroatoms. The van der Waals surface area contributed by atoms with Gasteiger partial charge in [-0.25, -0.2) is 13.2 Å². The monoisotopic (exact) mass is 571 g/mol. The second-order valence-corrected chi connectivity index (χ2v) is 12.1. The summed E-state index contributed by atoms with van der Waals surface area (Å²) in [5.41, 5.74) is 1.66. The highest BCUT2D eigenvalue weighted by molar-refractivity contribution is 7.89. The van der Waals surface area contributed by atoms with Crippen LogP contribution >= 0.6 is 23.7 Å². The summed E-state index contributed by atoms with van der Waals surface area (Å²) in [6.07, 6.45) is 2.40. The van der Waals surface area contributed by atoms with Gasteiger partial charge in [0.1, 0.15) is 5.00 Å². The van der Waals surface area contributed by atoms with Crippen LogP contribution in [-0.2, 0) is 32.5 Å². The minimum absolute atomic E-state index is 0. The minimum atomic E-state index is -3.70. The zero-order valence-corrected chi connectivity index (χ0v) is 23.8. The van der Waals surface area contributed by atoms with E-state index in [0.29, 0.717) is 29.3 Å². The summed E-state index contributed by atoms with van der Waals surface area (Å²) in [5.74, 6) is -0.853. The molecule has 1 fully saturated rings. The van der Waals surface area contributed by atoms with E-state index < -0.39 is 21.9 Å². The molecule has 1 amide bonds. The first-order valence-corrected chi connectivity index (χ1v) is 14.5. The first-order valence-electron chi connectivity index (χ1n) is 12.3. The van der Waals surface area contributed by atoms with Crippen LogP contribution < -0.4 is 5.32 Å². The third kappa shape index (κ3) is 6.52. The van der Waals surface area contributed by atoms with Crippen LogP contribution in [0.3, 0.4) is 0 Å². The number of carbonyl (C=O) groups excluding carboxylic acids is 2. The number of anilines is 1. The van der Waals surface area contributed by atoms with Gasteiger partial charge in [0.15, 0.2) is 0 Å². The SMILES string of the molecule is CCOC(=O)c1c(NC(=O)c2ccc(S(=O)(=O)N(C)CC3CCCO3)cc2)sc2c1CCN(CC)C2.Cl. The molecule has 1 saturated heterocycles. The number of fused-ring (bicyclic) bond motifs is 1. The van der Waals surface area contributed by atoms with Crippen LogP contribution in [0.5, 0.6) is 0 Å². The fourth-order valence-electron chi connectivity index (χ4n) is 4.54. The predicted octanol–water partition coefficient (Wildman–Crippen LogP) is 3.78. The van der Waals surface area contributed by atoms with Gasteiger partial charge in [0.2, 0.25) is 10.0 Å². The Balaban J connectivity index is 0.00000380. The van der Waals surface area contributed by atoms with Crippen molar-refractivity contribution < 1.29 is 27.5 Å². The molecular formula is C25H34ClN3O6S2. The molecule has 4 rings (SSSR count). The molecule has 1 N–H and O–H groups in total. The number of carbonyl (C=O) groups is 2. The van der Waals surface area contributed by atoms with E-state index in [1.807, 2.05) is 0 Å². The maximum absolute atomic E-state index is 13.1. The van der Waals surface area contributed by atoms with Crippen LogP contribution in [0.2, 0.25) is 0 Å². The quantitative estimate of drug-likeness (QED) is 0.457. The molecule has 1 aromatic carbocycles. The van der Waals surface area contributed by atoms with E-state index in [1.165, 1.54) is 47.0 Å². The lowest BCUT2D eigenvalue weighted by Gasteiger charge is -2.25. The fraction of sp³-hybridized carbons (Fsp3) is 0.520. The Morgan fingerprint density at radius 1 is 1.24 bits per heavy atom. The number of hydrogen-bond donors (Lipinski definition) is 1. The molecule has 9 nitrogen and oxygen atoms in total. The molecular weight excluding hydrogens is 538 g/mol. The van der Waals surface area contributed by atoms with Crippen LogP contribution in [0.15, 0.2) is 29.2 Å². The number of sulfonamides is 1. The number of amides is 1. The molecule has 37 heavy (non-hydrogen) atoms. The standard InChI is InChI=1S/C25H33N3O6S2.ClH/c1-4-28-13-12-20-21(16-28)35-24(22(20)25(30)33-5-2)26-23(29)17-8-10-19(11-9-17)36(31,32)27(3)15-18-7-6-14-34-18;/h8-11,18H,4-7,12-16H2,1-3H3,(H,26,29);1H. The van der Waals surface area contributed by atoms with E-state index in [4.69, 9.17) is 9.47 Å². The fourth-order valence-corrected chi connectivity index (χ4v) is 7.02. The lowest BCUT2D eigenvalue weighted by molar-refractivity contribution is 0.0526. The van der Waals surface area contributed by atoms with Gasteiger partial charge >= 0.3 is 5.97 Å². The summed E-state index contributed by atoms with van der Waals surface area (Å²) >= 11 is 1.40. The molecule has 2 aliphatic rings. The zero-order chi connectivity index (χ0) is 25.9. The van der Waals surface area contributed by atoms with Gasteiger partial charge in [-0.1, -0.05) is 6.92 Å². The van der Waals surface area contributed by atoms with Gasteiger partial charge in [-0.2, -0.15) is 4.31 Å². The number of ether oxygens (including phenoxy) is 2. The Morgan fingerprint density at radius 3 is 2.59 bits per heavy atom. The average molecular weight is 572 g/mol. The highest BCUT2D eigenvalue weighted by atomic mass is 35.5. The van der Waals surface area contributed by atoms with E-state index >= 15 is 0 Å². The molecule has 1 aromatic heterocycles. The van der Waals surface area contributed by atoms with Crippen molar-refractivity contribution in [3.05, 3.63) is 45.8 Å². The second-order valence-electron chi connectivity index (χ2n) is 8.95. The Kier molecular flexibility index (Phi) is 10.1. The maximum atomic E-state index is 13.1. The Hall–Kier alpha value is -2.02. The Morgan fingerprint density at radius 2 is 1.97 bits per heavy atom. The van der Waals surface area contributed by atoms with Crippen LogP contribution in [-0.4, -0.2) is 75.5 Å². The maximum Gasteiger partial charge on any atom is 0.341 e. The molecule has 2 aromatic rings. The number of likely N-dealkylation sites (N-methyl/N-ethyl adjacent to an activating group) is 2. The topological polar surface area (TPSA) is 105 Å². The number of esters is 1. The van der Waals surface area contributed by atoms with Crippen LogP contribution in [0.4, 0.5) is 5.00 Å². The van der Waals surface area contributed by atoms with Gasteiger partial charge in [0.05, 0.1) is 23.2 Å². The summed E-state index contributed by atoms with van der Waals surface area (Å²) in [6, 6.07) is 5.83. The molecule has 0 spiro atoms. The van der Waals surface area contributed by atoms with Crippen molar-refractivity contribution in [3.8, 4) is 0 Å². The van der Waals surface area contributed by atoms with Gasteiger partial charge in [0.25, 0.3) is 5.91 Å². The number of nitrogens with zero attached hydrogens (tertiary/aromatic N) is 2. The number of thiophene rings is 1. The van der Waals surface area contributed by atoms with Gasteiger partial charge in [0, 0.05) is 43.7 Å². The number of benzene rings is 1. The van der Waals surface area contributed by atoms with Gasteiger partial charge in [-0.05, 0) is 62.6 Å². The van der Waals surface area contributed by atoms with E-state index in [1.54, 1.807) is 6.92 Å². The average Bonchev–Trinajstić information content (AvgIpc) is 3.50. The van der Waals surface area contributed by atoms with Crippen molar-refractivity contribution in [3.63, 3.8) is 0 Å². The van der Waals surface area contributed by atoms with Crippen molar-refractivity contribution in [1.82, 2.24) is 9.21 Å². The Bertz CT molecular complexity index is 1210. The summed E-state index contributed by atoms with van der Waals surface area (Å²) in [7, 11) is -2.17. The van der Waals surface area contributed by atoms with Crippen molar-refractivity contribution in [2.75, 3.05) is 45.2 Å². The minimum Gasteiger partial charge on any atom is -0.462 e. The highest BCUT2D eigenvalue weighted by Gasteiger charge is 2.30. The number of hydrogen-bond acceptors (Lipinski definition) is 8. The largest absolute Gasteiger partial charge is 0.462 e. The molecule has 3 heterocycles. The molecule has 0 bridgehead atoms. The molecule has 1 atom stereocenters. The number of halogens is 1. The van der Waals surface area contributed by atoms with E-state index in [9.17, 15) is 18.0 Å². The summed E-state index contributed by atoms with van der Waals surface area (Å²) in [5, 5.41) is 3.34. The number of nitrogens with one attached hydrogen (secondary N) is 1. The molecule has 204 valence electrons. The van der Waals surface area contributed by atoms with Crippen molar-refractivity contribution in [2.45, 2.75) is 50.7 Å². The summed E-state index contributed by atoms with van der Waals surface area (Å²) < 4.78 is 38.0. The molecule has 0 radical (unpaired) electrons. The van der Waals surface area contributed by atoms with Gasteiger partial charge in [-0.3, -0.25) is 9.69 Å². The van der Waals surface area contributed by atoms with Crippen molar-refractivity contribution in [1.29, 1.82) is 0 Å². The lowest BCUT2D eigenvalue weighted by Crippen LogP contribution is -2.34. The van der Waals surface area contributed by atoms with Crippen LogP contribution in [0, 0.1) is 0 Å².